The predicted octanol–water partition coefficient (Wildman–Crippen LogP) is 2.81. The molecule has 0 bridgehead atoms. The van der Waals surface area contributed by atoms with E-state index in [1.54, 1.807) is 0 Å². The lowest BCUT2D eigenvalue weighted by Gasteiger charge is -2.20. The van der Waals surface area contributed by atoms with Crippen molar-refractivity contribution in [3.63, 3.8) is 0 Å². The Kier molecular flexibility index (Phi) is 5.19. The second-order valence-corrected chi connectivity index (χ2v) is 7.28. The van der Waals surface area contributed by atoms with Crippen LogP contribution in [-0.4, -0.2) is 25.4 Å². The summed E-state index contributed by atoms with van der Waals surface area (Å²) in [6.07, 6.45) is 0. The smallest absolute Gasteiger partial charge is 0.161 e. The molecule has 0 aromatic heterocycles. The molecule has 0 spiro atoms. The number of hydrogen-bond donors (Lipinski definition) is 2. The molecule has 0 saturated heterocycles. The number of benzene rings is 2. The van der Waals surface area contributed by atoms with Crippen LogP contribution >= 0.6 is 0 Å². The number of hydrogen-bond acceptors (Lipinski definition) is 3. The Bertz CT molecular complexity index is 755. The van der Waals surface area contributed by atoms with Crippen LogP contribution in [0.5, 0.6) is 17.2 Å². The van der Waals surface area contributed by atoms with Crippen LogP contribution in [0, 0.1) is 6.92 Å². The molecule has 1 heterocycles. The van der Waals surface area contributed by atoms with Crippen molar-refractivity contribution >= 4 is 0 Å². The number of aryl methyl sites for hydroxylation is 1. The molecule has 0 fully saturated rings. The Morgan fingerprint density at radius 1 is 1.04 bits per heavy atom. The van der Waals surface area contributed by atoms with Gasteiger partial charge in [0, 0.05) is 11.1 Å². The van der Waals surface area contributed by atoms with Gasteiger partial charge in [-0.2, -0.15) is 0 Å². The van der Waals surface area contributed by atoms with E-state index in [4.69, 9.17) is 9.47 Å². The lowest BCUT2D eigenvalue weighted by atomic mass is 9.95. The van der Waals surface area contributed by atoms with Crippen LogP contribution in [-0.2, 0) is 13.1 Å². The van der Waals surface area contributed by atoms with E-state index in [1.165, 1.54) is 16.0 Å². The zero-order chi connectivity index (χ0) is 18.0. The van der Waals surface area contributed by atoms with Gasteiger partial charge in [0.15, 0.2) is 11.5 Å². The van der Waals surface area contributed by atoms with E-state index >= 15 is 0 Å². The fourth-order valence-electron chi connectivity index (χ4n) is 3.45. The normalized spacial score (nSPS) is 14.6. The van der Waals surface area contributed by atoms with Crippen molar-refractivity contribution in [3.8, 4) is 17.2 Å². The van der Waals surface area contributed by atoms with Gasteiger partial charge >= 0.3 is 0 Å². The van der Waals surface area contributed by atoms with Crippen molar-refractivity contribution in [1.82, 2.24) is 0 Å². The van der Waals surface area contributed by atoms with E-state index in [9.17, 15) is 5.11 Å². The number of phenolic OH excluding ortho intramolecular Hbond substituents is 1. The second kappa shape index (κ2) is 7.36. The number of fused-ring (bicyclic) bond motifs is 1. The summed E-state index contributed by atoms with van der Waals surface area (Å²) in [6.45, 7) is 9.30. The van der Waals surface area contributed by atoms with Crippen LogP contribution in [0.25, 0.3) is 0 Å². The molecule has 0 radical (unpaired) electrons. The number of rotatable bonds is 5. The average molecular weight is 342 g/mol. The molecule has 1 atom stereocenters. The molecular formula is C21H28NO3+. The zero-order valence-electron chi connectivity index (χ0n) is 15.6. The SMILES string of the molecule is Cc1cc(O)c(C[NH+](C)Cc2ccc3c(c2)OCCO3)cc1C(C)C. The van der Waals surface area contributed by atoms with Crippen molar-refractivity contribution < 1.29 is 19.5 Å². The summed E-state index contributed by atoms with van der Waals surface area (Å²) in [6, 6.07) is 10.2. The van der Waals surface area contributed by atoms with Gasteiger partial charge in [-0.1, -0.05) is 13.8 Å². The van der Waals surface area contributed by atoms with E-state index in [2.05, 4.69) is 46.0 Å². The van der Waals surface area contributed by atoms with Crippen LogP contribution in [0.15, 0.2) is 30.3 Å². The first kappa shape index (κ1) is 17.6. The highest BCUT2D eigenvalue weighted by Gasteiger charge is 2.16. The highest BCUT2D eigenvalue weighted by Crippen LogP contribution is 2.30. The summed E-state index contributed by atoms with van der Waals surface area (Å²) in [7, 11) is 2.14. The number of nitrogens with one attached hydrogen (secondary N) is 1. The Morgan fingerprint density at radius 3 is 2.48 bits per heavy atom. The van der Waals surface area contributed by atoms with Gasteiger partial charge in [-0.25, -0.2) is 0 Å². The molecule has 1 aliphatic heterocycles. The quantitative estimate of drug-likeness (QED) is 0.878. The number of aromatic hydroxyl groups is 1. The summed E-state index contributed by atoms with van der Waals surface area (Å²) >= 11 is 0. The standard InChI is InChI=1S/C21H27NO3/c1-14(2)18-11-17(19(23)9-15(18)3)13-22(4)12-16-5-6-20-21(10-16)25-8-7-24-20/h5-6,9-11,14,23H,7-8,12-13H2,1-4H3/p+1. The van der Waals surface area contributed by atoms with Crippen LogP contribution < -0.4 is 14.4 Å². The molecule has 2 aromatic carbocycles. The van der Waals surface area contributed by atoms with Crippen molar-refractivity contribution in [2.45, 2.75) is 39.8 Å². The summed E-state index contributed by atoms with van der Waals surface area (Å²) < 4.78 is 11.2. The Balaban J connectivity index is 1.72. The molecule has 0 amide bonds. The van der Waals surface area contributed by atoms with Crippen LogP contribution in [0.2, 0.25) is 0 Å². The lowest BCUT2D eigenvalue weighted by molar-refractivity contribution is -0.907. The Hall–Kier alpha value is -2.20. The Labute approximate surface area is 150 Å². The molecule has 4 nitrogen and oxygen atoms in total. The molecule has 2 aromatic rings. The third-order valence-electron chi connectivity index (χ3n) is 4.69. The third-order valence-corrected chi connectivity index (χ3v) is 4.69. The van der Waals surface area contributed by atoms with Gasteiger partial charge in [0.25, 0.3) is 0 Å². The molecule has 134 valence electrons. The Morgan fingerprint density at radius 2 is 1.76 bits per heavy atom. The van der Waals surface area contributed by atoms with Gasteiger partial charge in [-0.05, 0) is 54.3 Å². The van der Waals surface area contributed by atoms with E-state index in [0.717, 1.165) is 35.7 Å². The molecule has 2 N–H and O–H groups in total. The van der Waals surface area contributed by atoms with Crippen LogP contribution in [0.4, 0.5) is 0 Å². The van der Waals surface area contributed by atoms with Crippen molar-refractivity contribution in [2.75, 3.05) is 20.3 Å². The molecule has 0 saturated carbocycles. The van der Waals surface area contributed by atoms with Crippen molar-refractivity contribution in [1.29, 1.82) is 0 Å². The first-order valence-electron chi connectivity index (χ1n) is 8.96. The summed E-state index contributed by atoms with van der Waals surface area (Å²) in [5.41, 5.74) is 4.67. The summed E-state index contributed by atoms with van der Waals surface area (Å²) in [5, 5.41) is 10.3. The van der Waals surface area contributed by atoms with E-state index in [1.807, 2.05) is 12.1 Å². The minimum atomic E-state index is 0.392. The second-order valence-electron chi connectivity index (χ2n) is 7.28. The van der Waals surface area contributed by atoms with Crippen LogP contribution in [0.3, 0.4) is 0 Å². The van der Waals surface area contributed by atoms with Gasteiger partial charge in [0.05, 0.1) is 7.05 Å². The van der Waals surface area contributed by atoms with E-state index in [0.29, 0.717) is 24.9 Å². The van der Waals surface area contributed by atoms with Crippen molar-refractivity contribution in [3.05, 3.63) is 52.6 Å². The number of phenols is 1. The lowest BCUT2D eigenvalue weighted by Crippen LogP contribution is -3.06. The maximum absolute atomic E-state index is 10.3. The molecule has 1 unspecified atom stereocenters. The molecule has 0 aliphatic carbocycles. The average Bonchev–Trinajstić information content (AvgIpc) is 2.57. The van der Waals surface area contributed by atoms with Gasteiger partial charge in [0.1, 0.15) is 32.1 Å². The highest BCUT2D eigenvalue weighted by atomic mass is 16.6. The monoisotopic (exact) mass is 342 g/mol. The molecule has 25 heavy (non-hydrogen) atoms. The van der Waals surface area contributed by atoms with Crippen molar-refractivity contribution in [2.24, 2.45) is 0 Å². The zero-order valence-corrected chi connectivity index (χ0v) is 15.6. The first-order chi connectivity index (χ1) is 11.9. The minimum absolute atomic E-state index is 0.392. The number of quaternary nitrogens is 1. The van der Waals surface area contributed by atoms with E-state index in [-0.39, 0.29) is 0 Å². The fourth-order valence-corrected chi connectivity index (χ4v) is 3.45. The van der Waals surface area contributed by atoms with Gasteiger partial charge in [-0.3, -0.25) is 0 Å². The molecule has 1 aliphatic rings. The molecular weight excluding hydrogens is 314 g/mol. The molecule has 4 heteroatoms. The maximum Gasteiger partial charge on any atom is 0.161 e. The van der Waals surface area contributed by atoms with Gasteiger partial charge in [0.2, 0.25) is 0 Å². The summed E-state index contributed by atoms with van der Waals surface area (Å²) in [5.74, 6) is 2.50. The maximum atomic E-state index is 10.3. The van der Waals surface area contributed by atoms with E-state index < -0.39 is 0 Å². The first-order valence-corrected chi connectivity index (χ1v) is 8.96. The fraction of sp³-hybridized carbons (Fsp3) is 0.429. The largest absolute Gasteiger partial charge is 0.507 e. The minimum Gasteiger partial charge on any atom is -0.507 e. The van der Waals surface area contributed by atoms with Gasteiger partial charge in [-0.15, -0.1) is 0 Å². The molecule has 3 rings (SSSR count). The third kappa shape index (κ3) is 4.07. The highest BCUT2D eigenvalue weighted by molar-refractivity contribution is 5.44. The summed E-state index contributed by atoms with van der Waals surface area (Å²) in [4.78, 5) is 1.31. The topological polar surface area (TPSA) is 43.1 Å². The van der Waals surface area contributed by atoms with Crippen LogP contribution in [0.1, 0.15) is 42.0 Å². The predicted molar refractivity (Wildman–Crippen MR) is 98.7 cm³/mol. The number of ether oxygens (including phenoxy) is 2. The van der Waals surface area contributed by atoms with Gasteiger partial charge < -0.3 is 19.5 Å².